The number of phenolic OH excluding ortho intramolecular Hbond substituents is 1. The first-order valence-electron chi connectivity index (χ1n) is 8.25. The lowest BCUT2D eigenvalue weighted by Crippen LogP contribution is -2.53. The van der Waals surface area contributed by atoms with Gasteiger partial charge in [0.05, 0.1) is 11.5 Å². The monoisotopic (exact) mass is 381 g/mol. The van der Waals surface area contributed by atoms with Crippen LogP contribution < -0.4 is 15.7 Å². The Labute approximate surface area is 150 Å². The first kappa shape index (κ1) is 18.2. The zero-order valence-corrected chi connectivity index (χ0v) is 14.9. The van der Waals surface area contributed by atoms with Gasteiger partial charge in [-0.25, -0.2) is 8.42 Å². The third kappa shape index (κ3) is 4.51. The van der Waals surface area contributed by atoms with Crippen molar-refractivity contribution in [1.82, 2.24) is 10.6 Å². The molecule has 1 aliphatic rings. The summed E-state index contributed by atoms with van der Waals surface area (Å²) in [6, 6.07) is 5.60. The molecule has 0 saturated carbocycles. The van der Waals surface area contributed by atoms with Crippen LogP contribution in [0.15, 0.2) is 35.0 Å². The average Bonchev–Trinajstić information content (AvgIpc) is 3.02. The van der Waals surface area contributed by atoms with E-state index in [1.165, 1.54) is 23.0 Å². The Morgan fingerprint density at radius 2 is 2.00 bits per heavy atom. The van der Waals surface area contributed by atoms with Crippen molar-refractivity contribution >= 4 is 21.6 Å². The molecule has 10 heteroatoms. The van der Waals surface area contributed by atoms with Crippen LogP contribution in [0.3, 0.4) is 0 Å². The summed E-state index contributed by atoms with van der Waals surface area (Å²) >= 11 is 0. The van der Waals surface area contributed by atoms with Gasteiger partial charge >= 0.3 is 0 Å². The second kappa shape index (κ2) is 7.32. The van der Waals surface area contributed by atoms with Crippen LogP contribution in [0.1, 0.15) is 24.4 Å². The number of sulfone groups is 1. The minimum absolute atomic E-state index is 0.0740. The van der Waals surface area contributed by atoms with Gasteiger partial charge in [-0.15, -0.1) is 0 Å². The second-order valence-corrected chi connectivity index (χ2v) is 8.71. The van der Waals surface area contributed by atoms with Crippen LogP contribution in [0.25, 0.3) is 0 Å². The summed E-state index contributed by atoms with van der Waals surface area (Å²) in [6.45, 7) is 0. The molecule has 26 heavy (non-hydrogen) atoms. The Balaban J connectivity index is 1.74. The van der Waals surface area contributed by atoms with Crippen molar-refractivity contribution in [1.29, 1.82) is 0 Å². The standard InChI is InChI=1S/C16H20N4O5S/c17-15-10-20(19-25-15)14(9-11-1-3-13(21)4-2-11)16(22)18-12-5-7-26(23,24)8-6-12/h1-4,10,12,14H,5-9H2,(H3-,17,18,19,21,22)/p+1. The molecule has 140 valence electrons. The molecule has 2 aromatic rings. The lowest BCUT2D eigenvalue weighted by molar-refractivity contribution is -0.772. The van der Waals surface area contributed by atoms with Gasteiger partial charge in [-0.3, -0.25) is 9.32 Å². The molecule has 1 saturated heterocycles. The predicted octanol–water partition coefficient (Wildman–Crippen LogP) is -0.273. The molecular weight excluding hydrogens is 360 g/mol. The number of amides is 1. The van der Waals surface area contributed by atoms with E-state index in [2.05, 4.69) is 10.6 Å². The lowest BCUT2D eigenvalue weighted by atomic mass is 10.0. The van der Waals surface area contributed by atoms with Crippen LogP contribution in [-0.2, 0) is 21.1 Å². The highest BCUT2D eigenvalue weighted by atomic mass is 32.2. The predicted molar refractivity (Wildman–Crippen MR) is 91.8 cm³/mol. The van der Waals surface area contributed by atoms with Gasteiger partial charge in [0, 0.05) is 12.5 Å². The number of hydrogen-bond donors (Lipinski definition) is 3. The van der Waals surface area contributed by atoms with E-state index in [-0.39, 0.29) is 35.1 Å². The van der Waals surface area contributed by atoms with Crippen LogP contribution in [0, 0.1) is 0 Å². The Hall–Kier alpha value is -2.62. The second-order valence-electron chi connectivity index (χ2n) is 6.41. The minimum atomic E-state index is -3.00. The van der Waals surface area contributed by atoms with Gasteiger partial charge in [0.15, 0.2) is 0 Å². The van der Waals surface area contributed by atoms with Crippen LogP contribution in [-0.4, -0.2) is 42.3 Å². The van der Waals surface area contributed by atoms with E-state index >= 15 is 0 Å². The molecule has 1 aromatic carbocycles. The Morgan fingerprint density at radius 1 is 1.35 bits per heavy atom. The van der Waals surface area contributed by atoms with E-state index in [1.807, 2.05) is 0 Å². The highest BCUT2D eigenvalue weighted by Gasteiger charge is 2.34. The maximum absolute atomic E-state index is 12.8. The van der Waals surface area contributed by atoms with Crippen molar-refractivity contribution in [3.05, 3.63) is 36.0 Å². The summed E-state index contributed by atoms with van der Waals surface area (Å²) in [5, 5.41) is 16.1. The number of nitrogens with zero attached hydrogens (tertiary/aromatic N) is 2. The maximum Gasteiger partial charge on any atom is 0.293 e. The molecule has 0 radical (unpaired) electrons. The maximum atomic E-state index is 12.8. The molecular formula is C16H21N4O5S+. The minimum Gasteiger partial charge on any atom is -0.508 e. The van der Waals surface area contributed by atoms with E-state index in [0.717, 1.165) is 5.56 Å². The highest BCUT2D eigenvalue weighted by molar-refractivity contribution is 7.91. The normalized spacial score (nSPS) is 18.3. The van der Waals surface area contributed by atoms with Crippen molar-refractivity contribution in [3.8, 4) is 5.75 Å². The molecule has 1 unspecified atom stereocenters. The molecule has 2 heterocycles. The van der Waals surface area contributed by atoms with Gasteiger partial charge in [-0.2, -0.15) is 0 Å². The molecule has 1 fully saturated rings. The third-order valence-electron chi connectivity index (χ3n) is 4.39. The number of nitrogens with two attached hydrogens (primary N) is 1. The molecule has 1 atom stereocenters. The van der Waals surface area contributed by atoms with Crippen molar-refractivity contribution in [2.45, 2.75) is 31.3 Å². The highest BCUT2D eigenvalue weighted by Crippen LogP contribution is 2.16. The Morgan fingerprint density at radius 3 is 2.58 bits per heavy atom. The van der Waals surface area contributed by atoms with Crippen molar-refractivity contribution in [2.75, 3.05) is 17.2 Å². The fraction of sp³-hybridized carbons (Fsp3) is 0.438. The van der Waals surface area contributed by atoms with Crippen LogP contribution in [0.2, 0.25) is 0 Å². The molecule has 4 N–H and O–H groups in total. The summed E-state index contributed by atoms with van der Waals surface area (Å²) in [5.74, 6) is 0.0735. The number of aromatic nitrogens is 2. The number of rotatable bonds is 5. The zero-order valence-electron chi connectivity index (χ0n) is 14.0. The number of benzene rings is 1. The number of anilines is 1. The number of hydrogen-bond acceptors (Lipinski definition) is 7. The van der Waals surface area contributed by atoms with Gasteiger partial charge in [0.25, 0.3) is 24.0 Å². The number of nitrogen functional groups attached to an aromatic ring is 1. The van der Waals surface area contributed by atoms with Crippen molar-refractivity contribution < 1.29 is 27.5 Å². The molecule has 1 aliphatic heterocycles. The number of aromatic hydroxyl groups is 1. The van der Waals surface area contributed by atoms with Crippen LogP contribution in [0.5, 0.6) is 5.75 Å². The van der Waals surface area contributed by atoms with Gasteiger partial charge in [-0.05, 0) is 35.2 Å². The topological polar surface area (TPSA) is 139 Å². The number of phenols is 1. The number of carbonyl (C=O) groups is 1. The van der Waals surface area contributed by atoms with Gasteiger partial charge in [0.2, 0.25) is 5.27 Å². The average molecular weight is 381 g/mol. The summed E-state index contributed by atoms with van der Waals surface area (Å²) in [5.41, 5.74) is 6.38. The van der Waals surface area contributed by atoms with Crippen molar-refractivity contribution in [2.24, 2.45) is 0 Å². The first-order chi connectivity index (χ1) is 12.3. The summed E-state index contributed by atoms with van der Waals surface area (Å²) in [4.78, 5) is 12.8. The van der Waals surface area contributed by atoms with Crippen molar-refractivity contribution in [3.63, 3.8) is 0 Å². The van der Waals surface area contributed by atoms with Gasteiger partial charge in [0.1, 0.15) is 15.6 Å². The fourth-order valence-corrected chi connectivity index (χ4v) is 4.40. The molecule has 1 aromatic heterocycles. The smallest absolute Gasteiger partial charge is 0.293 e. The third-order valence-corrected chi connectivity index (χ3v) is 6.10. The van der Waals surface area contributed by atoms with E-state index in [0.29, 0.717) is 19.3 Å². The molecule has 3 rings (SSSR count). The van der Waals surface area contributed by atoms with E-state index in [1.54, 1.807) is 12.1 Å². The Kier molecular flexibility index (Phi) is 5.12. The van der Waals surface area contributed by atoms with Gasteiger partial charge < -0.3 is 16.2 Å². The molecule has 0 aliphatic carbocycles. The van der Waals surface area contributed by atoms with E-state index in [9.17, 15) is 18.3 Å². The number of nitrogens with one attached hydrogen (secondary N) is 1. The number of carbonyl (C=O) groups excluding carboxylic acids is 1. The summed E-state index contributed by atoms with van der Waals surface area (Å²) < 4.78 is 29.3. The van der Waals surface area contributed by atoms with E-state index in [4.69, 9.17) is 10.3 Å². The fourth-order valence-electron chi connectivity index (χ4n) is 2.91. The molecule has 0 spiro atoms. The van der Waals surface area contributed by atoms with Crippen LogP contribution >= 0.6 is 0 Å². The molecule has 1 amide bonds. The zero-order chi connectivity index (χ0) is 18.7. The van der Waals surface area contributed by atoms with Crippen LogP contribution in [0.4, 0.5) is 5.88 Å². The first-order valence-corrected chi connectivity index (χ1v) is 10.1. The van der Waals surface area contributed by atoms with E-state index < -0.39 is 15.9 Å². The largest absolute Gasteiger partial charge is 0.508 e. The lowest BCUT2D eigenvalue weighted by Gasteiger charge is -2.23. The SMILES string of the molecule is Nc1c[n+](C(Cc2ccc(O)cc2)C(=O)NC2CCS(=O)(=O)CC2)no1. The molecule has 0 bridgehead atoms. The Bertz CT molecular complexity index is 864. The summed E-state index contributed by atoms with van der Waals surface area (Å²) in [6.07, 6.45) is 2.53. The van der Waals surface area contributed by atoms with Gasteiger partial charge in [-0.1, -0.05) is 12.1 Å². The summed E-state index contributed by atoms with van der Waals surface area (Å²) in [7, 11) is -3.00. The quantitative estimate of drug-likeness (QED) is 0.606. The molecule has 9 nitrogen and oxygen atoms in total.